The van der Waals surface area contributed by atoms with Crippen molar-refractivity contribution >= 4 is 34.8 Å². The predicted molar refractivity (Wildman–Crippen MR) is 96.9 cm³/mol. The van der Waals surface area contributed by atoms with Crippen LogP contribution in [0.3, 0.4) is 0 Å². The normalized spacial score (nSPS) is 10.0. The van der Waals surface area contributed by atoms with Crippen LogP contribution >= 0.6 is 0 Å². The number of hydrogen-bond donors (Lipinski definition) is 2. The highest BCUT2D eigenvalue weighted by Crippen LogP contribution is 2.16. The van der Waals surface area contributed by atoms with Crippen molar-refractivity contribution in [1.29, 1.82) is 0 Å². The van der Waals surface area contributed by atoms with Gasteiger partial charge in [0.1, 0.15) is 5.82 Å². The standard InChI is InChI=1S/C18H16FN3O6/c19-12-4-6-13(7-5-12)20-16(23)8-9-18(25)28-11-17(24)21-14-2-1-3-15(10-14)22(26)27/h1-7,10H,8-9,11H2,(H,20,23)(H,21,24). The summed E-state index contributed by atoms with van der Waals surface area (Å²) in [4.78, 5) is 45.2. The fraction of sp³-hybridized carbons (Fsp3) is 0.167. The Hall–Kier alpha value is -3.82. The number of anilines is 2. The number of non-ortho nitro benzene ring substituents is 1. The van der Waals surface area contributed by atoms with Crippen LogP contribution in [-0.2, 0) is 19.1 Å². The minimum Gasteiger partial charge on any atom is -0.456 e. The van der Waals surface area contributed by atoms with Gasteiger partial charge in [0, 0.05) is 29.9 Å². The van der Waals surface area contributed by atoms with Crippen molar-refractivity contribution in [2.45, 2.75) is 12.8 Å². The summed E-state index contributed by atoms with van der Waals surface area (Å²) in [7, 11) is 0. The van der Waals surface area contributed by atoms with E-state index in [1.54, 1.807) is 0 Å². The number of esters is 1. The topological polar surface area (TPSA) is 128 Å². The first-order valence-corrected chi connectivity index (χ1v) is 8.09. The van der Waals surface area contributed by atoms with Crippen LogP contribution < -0.4 is 10.6 Å². The van der Waals surface area contributed by atoms with Crippen molar-refractivity contribution in [2.24, 2.45) is 0 Å². The number of nitro groups is 1. The third kappa shape index (κ3) is 6.83. The van der Waals surface area contributed by atoms with E-state index in [-0.39, 0.29) is 24.2 Å². The maximum atomic E-state index is 12.8. The lowest BCUT2D eigenvalue weighted by atomic mass is 10.2. The number of benzene rings is 2. The number of nitro benzene ring substituents is 1. The van der Waals surface area contributed by atoms with E-state index in [0.29, 0.717) is 5.69 Å². The molecule has 0 atom stereocenters. The number of ether oxygens (including phenoxy) is 1. The van der Waals surface area contributed by atoms with Crippen LogP contribution in [0.25, 0.3) is 0 Å². The van der Waals surface area contributed by atoms with Gasteiger partial charge in [0.05, 0.1) is 11.3 Å². The van der Waals surface area contributed by atoms with Crippen molar-refractivity contribution in [3.63, 3.8) is 0 Å². The number of rotatable bonds is 8. The molecular weight excluding hydrogens is 373 g/mol. The molecule has 0 saturated carbocycles. The molecule has 0 bridgehead atoms. The van der Waals surface area contributed by atoms with Gasteiger partial charge >= 0.3 is 5.97 Å². The van der Waals surface area contributed by atoms with Gasteiger partial charge in [-0.25, -0.2) is 4.39 Å². The number of carbonyl (C=O) groups is 3. The SMILES string of the molecule is O=C(CCC(=O)OCC(=O)Nc1cccc([N+](=O)[O-])c1)Nc1ccc(F)cc1. The zero-order chi connectivity index (χ0) is 20.5. The van der Waals surface area contributed by atoms with E-state index in [4.69, 9.17) is 4.74 Å². The molecule has 10 heteroatoms. The van der Waals surface area contributed by atoms with Crippen molar-refractivity contribution in [2.75, 3.05) is 17.2 Å². The summed E-state index contributed by atoms with van der Waals surface area (Å²) < 4.78 is 17.5. The zero-order valence-corrected chi connectivity index (χ0v) is 14.5. The Morgan fingerprint density at radius 2 is 1.64 bits per heavy atom. The highest BCUT2D eigenvalue weighted by atomic mass is 19.1. The Labute approximate surface area is 158 Å². The Morgan fingerprint density at radius 3 is 2.32 bits per heavy atom. The lowest BCUT2D eigenvalue weighted by Crippen LogP contribution is -2.21. The quantitative estimate of drug-likeness (QED) is 0.406. The molecule has 0 unspecified atom stereocenters. The Bertz CT molecular complexity index is 885. The molecule has 0 aliphatic heterocycles. The van der Waals surface area contributed by atoms with Gasteiger partial charge in [-0.1, -0.05) is 6.07 Å². The molecule has 0 spiro atoms. The molecule has 2 aromatic rings. The van der Waals surface area contributed by atoms with Gasteiger partial charge in [-0.3, -0.25) is 24.5 Å². The van der Waals surface area contributed by atoms with Crippen LogP contribution in [0.5, 0.6) is 0 Å². The van der Waals surface area contributed by atoms with E-state index < -0.39 is 35.1 Å². The molecule has 0 aliphatic rings. The van der Waals surface area contributed by atoms with Crippen molar-refractivity contribution in [3.05, 3.63) is 64.5 Å². The van der Waals surface area contributed by atoms with Crippen molar-refractivity contribution in [3.8, 4) is 0 Å². The van der Waals surface area contributed by atoms with Gasteiger partial charge in [0.15, 0.2) is 6.61 Å². The Balaban J connectivity index is 1.70. The summed E-state index contributed by atoms with van der Waals surface area (Å²) in [6.07, 6.45) is -0.431. The molecule has 0 saturated heterocycles. The molecule has 9 nitrogen and oxygen atoms in total. The van der Waals surface area contributed by atoms with Crippen LogP contribution in [-0.4, -0.2) is 29.3 Å². The monoisotopic (exact) mass is 389 g/mol. The van der Waals surface area contributed by atoms with E-state index >= 15 is 0 Å². The number of nitrogens with zero attached hydrogens (tertiary/aromatic N) is 1. The van der Waals surface area contributed by atoms with E-state index in [9.17, 15) is 28.9 Å². The van der Waals surface area contributed by atoms with E-state index in [1.807, 2.05) is 0 Å². The molecule has 2 N–H and O–H groups in total. The maximum Gasteiger partial charge on any atom is 0.306 e. The van der Waals surface area contributed by atoms with Crippen LogP contribution in [0.4, 0.5) is 21.5 Å². The second-order valence-electron chi connectivity index (χ2n) is 5.57. The van der Waals surface area contributed by atoms with E-state index in [2.05, 4.69) is 10.6 Å². The lowest BCUT2D eigenvalue weighted by molar-refractivity contribution is -0.384. The summed E-state index contributed by atoms with van der Waals surface area (Å²) in [6, 6.07) is 10.4. The van der Waals surface area contributed by atoms with Gasteiger partial charge in [-0.2, -0.15) is 0 Å². The molecule has 28 heavy (non-hydrogen) atoms. The van der Waals surface area contributed by atoms with Crippen LogP contribution in [0.1, 0.15) is 12.8 Å². The molecule has 0 aromatic heterocycles. The van der Waals surface area contributed by atoms with Gasteiger partial charge in [0.2, 0.25) is 5.91 Å². The third-order valence-electron chi connectivity index (χ3n) is 3.39. The maximum absolute atomic E-state index is 12.8. The summed E-state index contributed by atoms with van der Waals surface area (Å²) >= 11 is 0. The third-order valence-corrected chi connectivity index (χ3v) is 3.39. The molecule has 0 fully saturated rings. The van der Waals surface area contributed by atoms with Crippen molar-refractivity contribution in [1.82, 2.24) is 0 Å². The largest absolute Gasteiger partial charge is 0.456 e. The predicted octanol–water partition coefficient (Wildman–Crippen LogP) is 2.63. The van der Waals surface area contributed by atoms with Gasteiger partial charge in [-0.05, 0) is 30.3 Å². The lowest BCUT2D eigenvalue weighted by Gasteiger charge is -2.07. The zero-order valence-electron chi connectivity index (χ0n) is 14.5. The summed E-state index contributed by atoms with van der Waals surface area (Å²) in [5, 5.41) is 15.5. The van der Waals surface area contributed by atoms with Crippen LogP contribution in [0.15, 0.2) is 48.5 Å². The molecule has 0 aliphatic carbocycles. The summed E-state index contributed by atoms with van der Waals surface area (Å²) in [6.45, 7) is -0.596. The molecule has 2 aromatic carbocycles. The first-order chi connectivity index (χ1) is 13.3. The summed E-state index contributed by atoms with van der Waals surface area (Å²) in [5.74, 6) is -2.34. The number of hydrogen-bond acceptors (Lipinski definition) is 6. The molecule has 2 amide bonds. The van der Waals surface area contributed by atoms with Crippen molar-refractivity contribution < 1.29 is 28.4 Å². The number of halogens is 1. The fourth-order valence-electron chi connectivity index (χ4n) is 2.08. The van der Waals surface area contributed by atoms with Gasteiger partial charge < -0.3 is 15.4 Å². The molecule has 146 valence electrons. The first-order valence-electron chi connectivity index (χ1n) is 8.09. The molecule has 2 rings (SSSR count). The minimum atomic E-state index is -0.761. The second-order valence-corrected chi connectivity index (χ2v) is 5.57. The molecule has 0 heterocycles. The first kappa shape index (κ1) is 20.5. The van der Waals surface area contributed by atoms with Crippen LogP contribution in [0, 0.1) is 15.9 Å². The fourth-order valence-corrected chi connectivity index (χ4v) is 2.08. The Morgan fingerprint density at radius 1 is 0.964 bits per heavy atom. The number of carbonyl (C=O) groups excluding carboxylic acids is 3. The highest BCUT2D eigenvalue weighted by Gasteiger charge is 2.12. The van der Waals surface area contributed by atoms with Crippen LogP contribution in [0.2, 0.25) is 0 Å². The average molecular weight is 389 g/mol. The minimum absolute atomic E-state index is 0.178. The van der Waals surface area contributed by atoms with Gasteiger partial charge in [-0.15, -0.1) is 0 Å². The molecular formula is C18H16FN3O6. The number of nitrogens with one attached hydrogen (secondary N) is 2. The smallest absolute Gasteiger partial charge is 0.306 e. The second kappa shape index (κ2) is 9.76. The number of amides is 2. The van der Waals surface area contributed by atoms with Gasteiger partial charge in [0.25, 0.3) is 11.6 Å². The van der Waals surface area contributed by atoms with E-state index in [1.165, 1.54) is 48.5 Å². The highest BCUT2D eigenvalue weighted by molar-refractivity contribution is 5.94. The molecule has 0 radical (unpaired) electrons. The average Bonchev–Trinajstić information content (AvgIpc) is 2.66. The Kier molecular flexibility index (Phi) is 7.14. The van der Waals surface area contributed by atoms with E-state index in [0.717, 1.165) is 0 Å². The summed E-state index contributed by atoms with van der Waals surface area (Å²) in [5.41, 5.74) is 0.381.